The summed E-state index contributed by atoms with van der Waals surface area (Å²) in [5.41, 5.74) is 0.441. The van der Waals surface area contributed by atoms with Crippen molar-refractivity contribution in [1.82, 2.24) is 0 Å². The highest BCUT2D eigenvalue weighted by Crippen LogP contribution is 2.25. The maximum Gasteiger partial charge on any atom is 0.353 e. The van der Waals surface area contributed by atoms with Crippen molar-refractivity contribution >= 4 is 44.6 Å². The Morgan fingerprint density at radius 2 is 1.69 bits per heavy atom. The molecule has 3 aromatic rings. The topological polar surface area (TPSA) is 63.7 Å². The first-order valence-corrected chi connectivity index (χ1v) is 10.2. The van der Waals surface area contributed by atoms with Gasteiger partial charge in [0.05, 0.1) is 10.6 Å². The van der Waals surface area contributed by atoms with E-state index in [4.69, 9.17) is 16.3 Å². The number of hydrogen-bond donors (Lipinski definition) is 0. The largest absolute Gasteiger partial charge is 0.422 e. The van der Waals surface area contributed by atoms with Crippen LogP contribution in [0.3, 0.4) is 0 Å². The minimum absolute atomic E-state index is 0.137. The molecule has 2 aromatic carbocycles. The number of nitrogens with zero attached hydrogens (tertiary/aromatic N) is 1. The standard InChI is InChI=1S/C18H14ClNO4S2/c1-20(26(22,23)16-10-4-13(19)5-11-16)14-6-8-15(9-7-14)24-18(21)17-3-2-12-25-17/h2-12H,1H3. The highest BCUT2D eigenvalue weighted by Gasteiger charge is 2.21. The van der Waals surface area contributed by atoms with Crippen molar-refractivity contribution in [2.45, 2.75) is 4.90 Å². The van der Waals surface area contributed by atoms with Gasteiger partial charge in [0.2, 0.25) is 0 Å². The minimum atomic E-state index is -3.71. The van der Waals surface area contributed by atoms with Crippen LogP contribution in [0.2, 0.25) is 5.02 Å². The molecule has 5 nitrogen and oxygen atoms in total. The van der Waals surface area contributed by atoms with Gasteiger partial charge < -0.3 is 4.74 Å². The van der Waals surface area contributed by atoms with Crippen LogP contribution in [-0.4, -0.2) is 21.4 Å². The van der Waals surface area contributed by atoms with Gasteiger partial charge in [0, 0.05) is 12.1 Å². The van der Waals surface area contributed by atoms with Crippen molar-refractivity contribution in [2.24, 2.45) is 0 Å². The molecule has 26 heavy (non-hydrogen) atoms. The van der Waals surface area contributed by atoms with E-state index in [1.165, 1.54) is 42.6 Å². The maximum atomic E-state index is 12.7. The Kier molecular flexibility index (Phi) is 5.31. The van der Waals surface area contributed by atoms with Crippen molar-refractivity contribution in [1.29, 1.82) is 0 Å². The molecule has 134 valence electrons. The minimum Gasteiger partial charge on any atom is -0.422 e. The molecule has 0 N–H and O–H groups in total. The molecule has 0 radical (unpaired) electrons. The van der Waals surface area contributed by atoms with E-state index >= 15 is 0 Å². The molecular weight excluding hydrogens is 394 g/mol. The molecule has 0 saturated heterocycles. The van der Waals surface area contributed by atoms with Crippen LogP contribution in [0.4, 0.5) is 5.69 Å². The van der Waals surface area contributed by atoms with Crippen LogP contribution in [0.5, 0.6) is 5.75 Å². The van der Waals surface area contributed by atoms with Crippen molar-refractivity contribution in [3.8, 4) is 5.75 Å². The van der Waals surface area contributed by atoms with E-state index < -0.39 is 16.0 Å². The van der Waals surface area contributed by atoms with E-state index in [0.717, 1.165) is 4.31 Å². The second-order valence-electron chi connectivity index (χ2n) is 5.29. The Morgan fingerprint density at radius 1 is 1.04 bits per heavy atom. The molecule has 8 heteroatoms. The van der Waals surface area contributed by atoms with Gasteiger partial charge in [-0.1, -0.05) is 17.7 Å². The van der Waals surface area contributed by atoms with E-state index in [-0.39, 0.29) is 4.90 Å². The molecule has 3 rings (SSSR count). The quantitative estimate of drug-likeness (QED) is 0.463. The van der Waals surface area contributed by atoms with E-state index in [1.807, 2.05) is 0 Å². The van der Waals surface area contributed by atoms with E-state index in [9.17, 15) is 13.2 Å². The molecule has 0 bridgehead atoms. The zero-order valence-corrected chi connectivity index (χ0v) is 16.0. The number of anilines is 1. The number of rotatable bonds is 5. The average molecular weight is 408 g/mol. The first kappa shape index (κ1) is 18.4. The van der Waals surface area contributed by atoms with Crippen molar-refractivity contribution < 1.29 is 17.9 Å². The van der Waals surface area contributed by atoms with Gasteiger partial charge in [0.1, 0.15) is 10.6 Å². The Bertz CT molecular complexity index is 998. The van der Waals surface area contributed by atoms with Gasteiger partial charge in [-0.25, -0.2) is 13.2 Å². The number of benzene rings is 2. The summed E-state index contributed by atoms with van der Waals surface area (Å²) in [4.78, 5) is 12.6. The van der Waals surface area contributed by atoms with Gasteiger partial charge in [0.25, 0.3) is 10.0 Å². The SMILES string of the molecule is CN(c1ccc(OC(=O)c2cccs2)cc1)S(=O)(=O)c1ccc(Cl)cc1. The molecule has 0 amide bonds. The number of hydrogen-bond acceptors (Lipinski definition) is 5. The number of halogens is 1. The normalized spacial score (nSPS) is 11.2. The fourth-order valence-corrected chi connectivity index (χ4v) is 4.10. The molecule has 0 unspecified atom stereocenters. The number of carbonyl (C=O) groups is 1. The zero-order valence-electron chi connectivity index (χ0n) is 13.6. The molecule has 0 aliphatic rings. The van der Waals surface area contributed by atoms with Crippen LogP contribution in [0.25, 0.3) is 0 Å². The zero-order chi connectivity index (χ0) is 18.7. The summed E-state index contributed by atoms with van der Waals surface area (Å²) in [6, 6.07) is 15.6. The van der Waals surface area contributed by atoms with Gasteiger partial charge in [-0.3, -0.25) is 4.31 Å². The number of esters is 1. The lowest BCUT2D eigenvalue weighted by atomic mass is 10.3. The third-order valence-electron chi connectivity index (χ3n) is 3.61. The van der Waals surface area contributed by atoms with Crippen molar-refractivity contribution in [3.63, 3.8) is 0 Å². The van der Waals surface area contributed by atoms with E-state index in [2.05, 4.69) is 0 Å². The summed E-state index contributed by atoms with van der Waals surface area (Å²) < 4.78 is 31.7. The van der Waals surface area contributed by atoms with Crippen molar-refractivity contribution in [3.05, 3.63) is 75.9 Å². The predicted octanol–water partition coefficient (Wildman–Crippen LogP) is 4.45. The van der Waals surface area contributed by atoms with Crippen LogP contribution >= 0.6 is 22.9 Å². The van der Waals surface area contributed by atoms with Gasteiger partial charge in [0.15, 0.2) is 0 Å². The van der Waals surface area contributed by atoms with Gasteiger partial charge in [-0.2, -0.15) is 0 Å². The lowest BCUT2D eigenvalue weighted by molar-refractivity contribution is 0.0740. The Labute approximate surface area is 160 Å². The number of thiophene rings is 1. The molecule has 1 aromatic heterocycles. The molecule has 0 aliphatic heterocycles. The number of carbonyl (C=O) groups excluding carboxylic acids is 1. The van der Waals surface area contributed by atoms with Crippen LogP contribution in [0, 0.1) is 0 Å². The van der Waals surface area contributed by atoms with Crippen LogP contribution in [0.15, 0.2) is 70.9 Å². The monoisotopic (exact) mass is 407 g/mol. The van der Waals surface area contributed by atoms with E-state index in [0.29, 0.717) is 21.3 Å². The molecule has 1 heterocycles. The molecule has 0 spiro atoms. The average Bonchev–Trinajstić information content (AvgIpc) is 3.17. The highest BCUT2D eigenvalue weighted by atomic mass is 35.5. The fourth-order valence-electron chi connectivity index (χ4n) is 2.18. The van der Waals surface area contributed by atoms with Gasteiger partial charge in [-0.15, -0.1) is 11.3 Å². The molecule has 0 atom stereocenters. The molecular formula is C18H14ClNO4S2. The van der Waals surface area contributed by atoms with Gasteiger partial charge >= 0.3 is 5.97 Å². The van der Waals surface area contributed by atoms with E-state index in [1.54, 1.807) is 41.8 Å². The summed E-state index contributed by atoms with van der Waals surface area (Å²) in [7, 11) is -2.26. The second-order valence-corrected chi connectivity index (χ2v) is 8.64. The lowest BCUT2D eigenvalue weighted by Gasteiger charge is -2.19. The van der Waals surface area contributed by atoms with Crippen LogP contribution in [-0.2, 0) is 10.0 Å². The smallest absolute Gasteiger partial charge is 0.353 e. The number of ether oxygens (including phenoxy) is 1. The molecule has 0 aliphatic carbocycles. The number of sulfonamides is 1. The van der Waals surface area contributed by atoms with Gasteiger partial charge in [-0.05, 0) is 60.0 Å². The van der Waals surface area contributed by atoms with Crippen LogP contribution < -0.4 is 9.04 Å². The predicted molar refractivity (Wildman–Crippen MR) is 103 cm³/mol. The maximum absolute atomic E-state index is 12.7. The third kappa shape index (κ3) is 3.90. The third-order valence-corrected chi connectivity index (χ3v) is 6.51. The lowest BCUT2D eigenvalue weighted by Crippen LogP contribution is -2.26. The molecule has 0 saturated carbocycles. The first-order valence-electron chi connectivity index (χ1n) is 7.48. The second kappa shape index (κ2) is 7.49. The molecule has 0 fully saturated rings. The summed E-state index contributed by atoms with van der Waals surface area (Å²) >= 11 is 7.09. The summed E-state index contributed by atoms with van der Waals surface area (Å²) in [6.45, 7) is 0. The Morgan fingerprint density at radius 3 is 2.27 bits per heavy atom. The Hall–Kier alpha value is -2.35. The summed E-state index contributed by atoms with van der Waals surface area (Å²) in [6.07, 6.45) is 0. The Balaban J connectivity index is 1.77. The highest BCUT2D eigenvalue weighted by molar-refractivity contribution is 7.92. The summed E-state index contributed by atoms with van der Waals surface area (Å²) in [5.74, 6) is -0.112. The first-order chi connectivity index (χ1) is 12.4. The fraction of sp³-hybridized carbons (Fsp3) is 0.0556. The van der Waals surface area contributed by atoms with Crippen molar-refractivity contribution in [2.75, 3.05) is 11.4 Å². The summed E-state index contributed by atoms with van der Waals surface area (Å²) in [5, 5.41) is 2.25. The van der Waals surface area contributed by atoms with Crippen LogP contribution in [0.1, 0.15) is 9.67 Å².